The van der Waals surface area contributed by atoms with Crippen LogP contribution < -0.4 is 10.6 Å². The zero-order valence-corrected chi connectivity index (χ0v) is 16.8. The summed E-state index contributed by atoms with van der Waals surface area (Å²) in [7, 11) is 1.62. The van der Waals surface area contributed by atoms with Crippen LogP contribution in [0.15, 0.2) is 24.3 Å². The molecule has 1 unspecified atom stereocenters. The molecule has 26 heavy (non-hydrogen) atoms. The van der Waals surface area contributed by atoms with Crippen LogP contribution in [0.4, 0.5) is 0 Å². The van der Waals surface area contributed by atoms with Gasteiger partial charge in [0.1, 0.15) is 10.6 Å². The Hall–Kier alpha value is -1.47. The Labute approximate surface area is 163 Å². The number of piperidine rings is 1. The largest absolute Gasteiger partial charge is 0.368 e. The summed E-state index contributed by atoms with van der Waals surface area (Å²) in [6.07, 6.45) is 1.36. The Kier molecular flexibility index (Phi) is 5.97. The van der Waals surface area contributed by atoms with Gasteiger partial charge in [0.05, 0.1) is 16.6 Å². The van der Waals surface area contributed by atoms with Crippen molar-refractivity contribution in [2.75, 3.05) is 20.2 Å². The molecule has 1 fully saturated rings. The summed E-state index contributed by atoms with van der Waals surface area (Å²) in [4.78, 5) is 18.6. The Morgan fingerprint density at radius 3 is 2.62 bits per heavy atom. The van der Waals surface area contributed by atoms with E-state index in [2.05, 4.69) is 15.6 Å². The van der Waals surface area contributed by atoms with E-state index in [-0.39, 0.29) is 11.9 Å². The lowest BCUT2D eigenvalue weighted by Crippen LogP contribution is -2.54. The smallest absolute Gasteiger partial charge is 0.252 e. The summed E-state index contributed by atoms with van der Waals surface area (Å²) >= 11 is 7.56. The average Bonchev–Trinajstić information content (AvgIpc) is 3.04. The predicted molar refractivity (Wildman–Crippen MR) is 106 cm³/mol. The van der Waals surface area contributed by atoms with E-state index in [0.29, 0.717) is 17.9 Å². The van der Waals surface area contributed by atoms with Crippen molar-refractivity contribution in [1.29, 1.82) is 0 Å². The van der Waals surface area contributed by atoms with Crippen molar-refractivity contribution in [1.82, 2.24) is 15.6 Å². The number of nitrogens with one attached hydrogen (secondary N) is 2. The molecule has 2 heterocycles. The molecule has 0 spiro atoms. The van der Waals surface area contributed by atoms with Crippen LogP contribution in [-0.2, 0) is 9.53 Å². The molecule has 1 aliphatic rings. The molecule has 0 aliphatic carbocycles. The van der Waals surface area contributed by atoms with Gasteiger partial charge in [0, 0.05) is 17.7 Å². The van der Waals surface area contributed by atoms with Crippen molar-refractivity contribution < 1.29 is 9.53 Å². The summed E-state index contributed by atoms with van der Waals surface area (Å²) in [6, 6.07) is 7.52. The molecule has 0 bridgehead atoms. The molecule has 1 amide bonds. The van der Waals surface area contributed by atoms with Crippen molar-refractivity contribution in [3.8, 4) is 10.6 Å². The standard InChI is InChI=1S/C19H24ClN3O2S/c1-12-16(26-17(22-12)14-4-6-15(20)7-5-14)13(2)23-18(24)19(25-3)8-10-21-11-9-19/h4-7,13,21H,8-11H2,1-3H3,(H,23,24). The second kappa shape index (κ2) is 8.05. The lowest BCUT2D eigenvalue weighted by molar-refractivity contribution is -0.147. The van der Waals surface area contributed by atoms with E-state index in [4.69, 9.17) is 16.3 Å². The Morgan fingerprint density at radius 2 is 2.00 bits per heavy atom. The number of nitrogens with zero attached hydrogens (tertiary/aromatic N) is 1. The lowest BCUT2D eigenvalue weighted by Gasteiger charge is -2.35. The molecule has 1 aromatic heterocycles. The quantitative estimate of drug-likeness (QED) is 0.812. The van der Waals surface area contributed by atoms with Crippen LogP contribution in [0.25, 0.3) is 10.6 Å². The number of carbonyl (C=O) groups is 1. The first kappa shape index (κ1) is 19.3. The third kappa shape index (κ3) is 3.93. The highest BCUT2D eigenvalue weighted by Crippen LogP contribution is 2.33. The fourth-order valence-electron chi connectivity index (χ4n) is 3.27. The molecular formula is C19H24ClN3O2S. The minimum absolute atomic E-state index is 0.0464. The van der Waals surface area contributed by atoms with Gasteiger partial charge in [0.2, 0.25) is 0 Å². The maximum absolute atomic E-state index is 12.9. The third-order valence-electron chi connectivity index (χ3n) is 4.88. The minimum atomic E-state index is -0.739. The number of aryl methyl sites for hydroxylation is 1. The number of amides is 1. The second-order valence-corrected chi connectivity index (χ2v) is 8.09. The summed E-state index contributed by atoms with van der Waals surface area (Å²) in [5, 5.41) is 8.03. The molecule has 1 aliphatic heterocycles. The van der Waals surface area contributed by atoms with Gasteiger partial charge in [-0.2, -0.15) is 0 Å². The van der Waals surface area contributed by atoms with E-state index in [9.17, 15) is 4.79 Å². The number of carbonyl (C=O) groups excluding carboxylic acids is 1. The van der Waals surface area contributed by atoms with Crippen LogP contribution in [0.5, 0.6) is 0 Å². The van der Waals surface area contributed by atoms with E-state index in [1.807, 2.05) is 38.1 Å². The number of hydrogen-bond acceptors (Lipinski definition) is 5. The van der Waals surface area contributed by atoms with E-state index >= 15 is 0 Å². The molecule has 7 heteroatoms. The molecular weight excluding hydrogens is 370 g/mol. The van der Waals surface area contributed by atoms with Gasteiger partial charge in [-0.3, -0.25) is 4.79 Å². The van der Waals surface area contributed by atoms with Crippen LogP contribution >= 0.6 is 22.9 Å². The number of halogens is 1. The molecule has 2 N–H and O–H groups in total. The normalized spacial score (nSPS) is 17.7. The molecule has 0 saturated carbocycles. The maximum Gasteiger partial charge on any atom is 0.252 e. The molecule has 1 aromatic carbocycles. The highest BCUT2D eigenvalue weighted by Gasteiger charge is 2.40. The SMILES string of the molecule is COC1(C(=O)NC(C)c2sc(-c3ccc(Cl)cc3)nc2C)CCNCC1. The fourth-order valence-corrected chi connectivity index (χ4v) is 4.47. The zero-order chi connectivity index (χ0) is 18.7. The number of rotatable bonds is 5. The van der Waals surface area contributed by atoms with E-state index in [1.165, 1.54) is 0 Å². The number of hydrogen-bond donors (Lipinski definition) is 2. The van der Waals surface area contributed by atoms with Crippen molar-refractivity contribution in [2.45, 2.75) is 38.3 Å². The van der Waals surface area contributed by atoms with Crippen molar-refractivity contribution in [2.24, 2.45) is 0 Å². The Bertz CT molecular complexity index is 770. The van der Waals surface area contributed by atoms with E-state index in [0.717, 1.165) is 34.2 Å². The van der Waals surface area contributed by atoms with Crippen molar-refractivity contribution in [3.63, 3.8) is 0 Å². The monoisotopic (exact) mass is 393 g/mol. The molecule has 0 radical (unpaired) electrons. The van der Waals surface area contributed by atoms with Gasteiger partial charge in [-0.1, -0.05) is 23.7 Å². The number of benzene rings is 1. The third-order valence-corrected chi connectivity index (χ3v) is 6.52. The second-order valence-electron chi connectivity index (χ2n) is 6.62. The van der Waals surface area contributed by atoms with Gasteiger partial charge >= 0.3 is 0 Å². The summed E-state index contributed by atoms with van der Waals surface area (Å²) in [5.74, 6) is -0.0464. The summed E-state index contributed by atoms with van der Waals surface area (Å²) < 4.78 is 5.62. The van der Waals surface area contributed by atoms with Gasteiger partial charge < -0.3 is 15.4 Å². The molecule has 1 saturated heterocycles. The first-order chi connectivity index (χ1) is 12.4. The zero-order valence-electron chi connectivity index (χ0n) is 15.3. The van der Waals surface area contributed by atoms with Gasteiger partial charge in [-0.15, -0.1) is 11.3 Å². The van der Waals surface area contributed by atoms with Crippen LogP contribution in [0, 0.1) is 6.92 Å². The fraction of sp³-hybridized carbons (Fsp3) is 0.474. The lowest BCUT2D eigenvalue weighted by atomic mass is 9.91. The van der Waals surface area contributed by atoms with Gasteiger partial charge in [0.25, 0.3) is 5.91 Å². The summed E-state index contributed by atoms with van der Waals surface area (Å²) in [5.41, 5.74) is 1.22. The van der Waals surface area contributed by atoms with Gasteiger partial charge in [-0.25, -0.2) is 4.98 Å². The van der Waals surface area contributed by atoms with Crippen LogP contribution in [0.2, 0.25) is 5.02 Å². The molecule has 140 valence electrons. The Balaban J connectivity index is 1.76. The van der Waals surface area contributed by atoms with Crippen LogP contribution in [0.1, 0.15) is 36.4 Å². The summed E-state index contributed by atoms with van der Waals surface area (Å²) in [6.45, 7) is 5.55. The van der Waals surface area contributed by atoms with Gasteiger partial charge in [0.15, 0.2) is 0 Å². The number of ether oxygens (including phenoxy) is 1. The van der Waals surface area contributed by atoms with E-state index < -0.39 is 5.60 Å². The number of thiazole rings is 1. The highest BCUT2D eigenvalue weighted by atomic mass is 35.5. The van der Waals surface area contributed by atoms with E-state index in [1.54, 1.807) is 18.4 Å². The molecule has 1 atom stereocenters. The van der Waals surface area contributed by atoms with Crippen LogP contribution in [-0.4, -0.2) is 36.7 Å². The van der Waals surface area contributed by atoms with Crippen molar-refractivity contribution in [3.05, 3.63) is 39.9 Å². The highest BCUT2D eigenvalue weighted by molar-refractivity contribution is 7.15. The van der Waals surface area contributed by atoms with Crippen LogP contribution in [0.3, 0.4) is 0 Å². The molecule has 3 rings (SSSR count). The van der Waals surface area contributed by atoms with Gasteiger partial charge in [-0.05, 0) is 51.9 Å². The average molecular weight is 394 g/mol. The Morgan fingerprint density at radius 1 is 1.35 bits per heavy atom. The molecule has 5 nitrogen and oxygen atoms in total. The molecule has 2 aromatic rings. The topological polar surface area (TPSA) is 63.2 Å². The number of methoxy groups -OCH3 is 1. The maximum atomic E-state index is 12.9. The van der Waals surface area contributed by atoms with Crippen molar-refractivity contribution >= 4 is 28.8 Å². The predicted octanol–water partition coefficient (Wildman–Crippen LogP) is 3.72. The minimum Gasteiger partial charge on any atom is -0.368 e. The first-order valence-corrected chi connectivity index (χ1v) is 9.95. The number of aromatic nitrogens is 1. The first-order valence-electron chi connectivity index (χ1n) is 8.75.